The monoisotopic (exact) mass is 597 g/mol. The van der Waals surface area contributed by atoms with Gasteiger partial charge in [-0.3, -0.25) is 4.79 Å². The summed E-state index contributed by atoms with van der Waals surface area (Å²) in [5.41, 5.74) is -3.07. The van der Waals surface area contributed by atoms with Crippen LogP contribution in [0, 0.1) is 22.9 Å². The molecule has 0 aliphatic carbocycles. The van der Waals surface area contributed by atoms with Crippen molar-refractivity contribution in [3.8, 4) is 11.1 Å². The fourth-order valence-corrected chi connectivity index (χ4v) is 5.96. The van der Waals surface area contributed by atoms with E-state index in [9.17, 15) is 31.7 Å². The minimum absolute atomic E-state index is 0.128. The average Bonchev–Trinajstić information content (AvgIpc) is 3.09. The second kappa shape index (κ2) is 10.6. The third-order valence-corrected chi connectivity index (χ3v) is 8.36. The first-order valence-corrected chi connectivity index (χ1v) is 14.9. The molecule has 41 heavy (non-hydrogen) atoms. The molecule has 6 nitrogen and oxygen atoms in total. The van der Waals surface area contributed by atoms with Gasteiger partial charge in [0.05, 0.1) is 16.9 Å². The number of hydrogen-bond acceptors (Lipinski definition) is 3. The summed E-state index contributed by atoms with van der Waals surface area (Å²) in [4.78, 5) is 26.8. The fourth-order valence-electron chi connectivity index (χ4n) is 4.74. The second-order valence-electron chi connectivity index (χ2n) is 10.8. The molecule has 0 radical (unpaired) electrons. The maximum atomic E-state index is 15.4. The van der Waals surface area contributed by atoms with Crippen molar-refractivity contribution in [2.24, 2.45) is 5.41 Å². The lowest BCUT2D eigenvalue weighted by molar-refractivity contribution is -0.137. The molecule has 13 heteroatoms. The van der Waals surface area contributed by atoms with Gasteiger partial charge in [0.25, 0.3) is 0 Å². The molecule has 1 fully saturated rings. The second-order valence-corrected chi connectivity index (χ2v) is 13.9. The van der Waals surface area contributed by atoms with Gasteiger partial charge in [0.1, 0.15) is 19.0 Å². The molecule has 1 aliphatic heterocycles. The smallest absolute Gasteiger partial charge is 0.325 e. The van der Waals surface area contributed by atoms with Gasteiger partial charge in [-0.1, -0.05) is 38.1 Å². The molecule has 1 unspecified atom stereocenters. The normalized spacial score (nSPS) is 17.1. The van der Waals surface area contributed by atoms with E-state index in [-0.39, 0.29) is 29.4 Å². The molecular formula is C28H26F6N3O3P. The number of halogens is 6. The van der Waals surface area contributed by atoms with E-state index in [1.54, 1.807) is 32.0 Å². The molecular weight excluding hydrogens is 571 g/mol. The lowest BCUT2D eigenvalue weighted by atomic mass is 9.87. The van der Waals surface area contributed by atoms with Crippen LogP contribution in [0.1, 0.15) is 19.4 Å². The Hall–Kier alpha value is -3.79. The van der Waals surface area contributed by atoms with Crippen LogP contribution in [0.4, 0.5) is 42.5 Å². The van der Waals surface area contributed by atoms with Crippen LogP contribution in [-0.4, -0.2) is 37.9 Å². The van der Waals surface area contributed by atoms with Gasteiger partial charge >= 0.3 is 12.2 Å². The van der Waals surface area contributed by atoms with Crippen LogP contribution in [0.3, 0.4) is 0 Å². The molecule has 3 aromatic carbocycles. The van der Waals surface area contributed by atoms with Crippen LogP contribution < -0.4 is 20.8 Å². The van der Waals surface area contributed by atoms with Gasteiger partial charge in [0.15, 0.2) is 11.6 Å². The SMILES string of the molecule is CC1(C)CN(c2ccc(-c3ccccc3P(C)(C)=O)c(F)c2F)C(=O)C1NC(=O)Nc1ccc(C(F)(F)F)cc1F. The van der Waals surface area contributed by atoms with Crippen LogP contribution in [0.2, 0.25) is 0 Å². The van der Waals surface area contributed by atoms with Crippen LogP contribution in [0.15, 0.2) is 54.6 Å². The van der Waals surface area contributed by atoms with Gasteiger partial charge < -0.3 is 20.1 Å². The number of rotatable bonds is 5. The van der Waals surface area contributed by atoms with Crippen molar-refractivity contribution >= 4 is 35.8 Å². The van der Waals surface area contributed by atoms with Crippen molar-refractivity contribution in [1.82, 2.24) is 5.32 Å². The predicted octanol–water partition coefficient (Wildman–Crippen LogP) is 6.60. The zero-order valence-electron chi connectivity index (χ0n) is 22.4. The number of carbonyl (C=O) groups is 2. The average molecular weight is 597 g/mol. The Morgan fingerprint density at radius 1 is 0.976 bits per heavy atom. The lowest BCUT2D eigenvalue weighted by Crippen LogP contribution is -2.48. The Kier molecular flexibility index (Phi) is 7.77. The molecule has 0 bridgehead atoms. The number of alkyl halides is 3. The van der Waals surface area contributed by atoms with E-state index in [4.69, 9.17) is 0 Å². The molecule has 1 aliphatic rings. The van der Waals surface area contributed by atoms with E-state index in [0.717, 1.165) is 11.0 Å². The summed E-state index contributed by atoms with van der Waals surface area (Å²) in [5.74, 6) is -4.69. The Bertz CT molecular complexity index is 1580. The van der Waals surface area contributed by atoms with Gasteiger partial charge in [-0.15, -0.1) is 0 Å². The van der Waals surface area contributed by atoms with Crippen molar-refractivity contribution in [2.45, 2.75) is 26.1 Å². The summed E-state index contributed by atoms with van der Waals surface area (Å²) >= 11 is 0. The van der Waals surface area contributed by atoms with Gasteiger partial charge in [-0.25, -0.2) is 18.0 Å². The molecule has 218 valence electrons. The molecule has 4 rings (SSSR count). The van der Waals surface area contributed by atoms with Crippen LogP contribution in [-0.2, 0) is 15.5 Å². The first kappa shape index (κ1) is 30.2. The maximum absolute atomic E-state index is 15.4. The summed E-state index contributed by atoms with van der Waals surface area (Å²) < 4.78 is 96.1. The summed E-state index contributed by atoms with van der Waals surface area (Å²) in [6.07, 6.45) is -4.78. The molecule has 1 heterocycles. The number of benzene rings is 3. The Morgan fingerprint density at radius 3 is 2.24 bits per heavy atom. The topological polar surface area (TPSA) is 78.5 Å². The predicted molar refractivity (Wildman–Crippen MR) is 144 cm³/mol. The molecule has 0 aromatic heterocycles. The number of anilines is 2. The Balaban J connectivity index is 1.58. The third-order valence-electron chi connectivity index (χ3n) is 6.81. The largest absolute Gasteiger partial charge is 0.416 e. The van der Waals surface area contributed by atoms with E-state index < -0.39 is 65.4 Å². The minimum Gasteiger partial charge on any atom is -0.325 e. The summed E-state index contributed by atoms with van der Waals surface area (Å²) in [6, 6.07) is 8.03. The summed E-state index contributed by atoms with van der Waals surface area (Å²) in [6.45, 7) is 6.07. The van der Waals surface area contributed by atoms with Crippen LogP contribution >= 0.6 is 7.14 Å². The highest BCUT2D eigenvalue weighted by atomic mass is 31.2. The Labute approximate surface area is 232 Å². The molecule has 3 amide bonds. The van der Waals surface area contributed by atoms with Gasteiger partial charge in [-0.2, -0.15) is 13.2 Å². The number of urea groups is 1. The van der Waals surface area contributed by atoms with Crippen molar-refractivity contribution in [1.29, 1.82) is 0 Å². The van der Waals surface area contributed by atoms with E-state index >= 15 is 8.78 Å². The van der Waals surface area contributed by atoms with Gasteiger partial charge in [-0.05, 0) is 49.2 Å². The van der Waals surface area contributed by atoms with E-state index in [1.807, 2.05) is 0 Å². The molecule has 3 aromatic rings. The van der Waals surface area contributed by atoms with Crippen molar-refractivity contribution < 1.29 is 40.5 Å². The third kappa shape index (κ3) is 5.98. The first-order valence-electron chi connectivity index (χ1n) is 12.3. The molecule has 1 saturated heterocycles. The number of carbonyl (C=O) groups excluding carboxylic acids is 2. The first-order chi connectivity index (χ1) is 18.9. The van der Waals surface area contributed by atoms with Gasteiger partial charge in [0, 0.05) is 22.8 Å². The quantitative estimate of drug-likeness (QED) is 0.257. The lowest BCUT2D eigenvalue weighted by Gasteiger charge is -2.24. The number of nitrogens with one attached hydrogen (secondary N) is 2. The number of hydrogen-bond donors (Lipinski definition) is 2. The summed E-state index contributed by atoms with van der Waals surface area (Å²) in [5, 5.41) is 4.79. The molecule has 2 N–H and O–H groups in total. The van der Waals surface area contributed by atoms with Crippen molar-refractivity contribution in [3.05, 3.63) is 77.6 Å². The summed E-state index contributed by atoms with van der Waals surface area (Å²) in [7, 11) is -2.85. The van der Waals surface area contributed by atoms with E-state index in [2.05, 4.69) is 10.6 Å². The van der Waals surface area contributed by atoms with Crippen molar-refractivity contribution in [2.75, 3.05) is 30.1 Å². The van der Waals surface area contributed by atoms with E-state index in [1.165, 1.54) is 31.5 Å². The highest BCUT2D eigenvalue weighted by Crippen LogP contribution is 2.42. The van der Waals surface area contributed by atoms with Crippen LogP contribution in [0.5, 0.6) is 0 Å². The van der Waals surface area contributed by atoms with Crippen molar-refractivity contribution in [3.63, 3.8) is 0 Å². The molecule has 0 spiro atoms. The number of nitrogens with zero attached hydrogens (tertiary/aromatic N) is 1. The molecule has 1 atom stereocenters. The standard InChI is InChI=1S/C28H26F6N3O3P/c1-27(2)14-37(20-12-10-17(22(30)23(20)31)16-7-5-6-8-21(16)41(3,4)40)25(38)24(27)36-26(39)35-19-11-9-15(13-18(19)29)28(32,33)34/h5-13,24H,14H2,1-4H3,(H2,35,36,39). The minimum atomic E-state index is -4.78. The fraction of sp³-hybridized carbons (Fsp3) is 0.286. The van der Waals surface area contributed by atoms with Gasteiger partial charge in [0.2, 0.25) is 5.91 Å². The van der Waals surface area contributed by atoms with E-state index in [0.29, 0.717) is 11.4 Å². The van der Waals surface area contributed by atoms with Crippen LogP contribution in [0.25, 0.3) is 11.1 Å². The zero-order chi connectivity index (χ0) is 30.5. The maximum Gasteiger partial charge on any atom is 0.416 e. The zero-order valence-corrected chi connectivity index (χ0v) is 23.3. The molecule has 0 saturated carbocycles. The highest BCUT2D eigenvalue weighted by molar-refractivity contribution is 7.70. The number of amides is 3. The highest BCUT2D eigenvalue weighted by Gasteiger charge is 2.48. The Morgan fingerprint density at radius 2 is 1.63 bits per heavy atom.